The topological polar surface area (TPSA) is 43.8 Å². The molecule has 0 spiro atoms. The molecule has 0 amide bonds. The van der Waals surface area contributed by atoms with Gasteiger partial charge in [-0.1, -0.05) is 38.1 Å². The van der Waals surface area contributed by atoms with Gasteiger partial charge in [0, 0.05) is 18.0 Å². The summed E-state index contributed by atoms with van der Waals surface area (Å²) in [6, 6.07) is 8.65. The lowest BCUT2D eigenvalue weighted by molar-refractivity contribution is 0.708. The van der Waals surface area contributed by atoms with Crippen LogP contribution in [0.3, 0.4) is 0 Å². The molecule has 1 aliphatic carbocycles. The van der Waals surface area contributed by atoms with Gasteiger partial charge in [0.2, 0.25) is 0 Å². The molecule has 0 aliphatic heterocycles. The lowest BCUT2D eigenvalue weighted by Crippen LogP contribution is -2.04. The van der Waals surface area contributed by atoms with Gasteiger partial charge in [-0.3, -0.25) is 0 Å². The summed E-state index contributed by atoms with van der Waals surface area (Å²) in [5.74, 6) is 3.16. The number of hydrogen-bond acceptors (Lipinski definition) is 2. The molecule has 3 nitrogen and oxygen atoms in total. The van der Waals surface area contributed by atoms with E-state index in [2.05, 4.69) is 49.6 Å². The molecule has 1 aliphatic rings. The van der Waals surface area contributed by atoms with Gasteiger partial charge in [-0.15, -0.1) is 0 Å². The van der Waals surface area contributed by atoms with E-state index < -0.39 is 0 Å². The predicted octanol–water partition coefficient (Wildman–Crippen LogP) is 4.15. The molecule has 0 bridgehead atoms. The summed E-state index contributed by atoms with van der Waals surface area (Å²) >= 11 is 0. The number of imidazole rings is 1. The second-order valence-electron chi connectivity index (χ2n) is 6.00. The van der Waals surface area contributed by atoms with E-state index in [0.717, 1.165) is 23.6 Å². The SMILES string of the molecule is CCn1c(C2CC2)nc(-c2ccc(C(C)C)cc2)c1N. The number of nitrogen functional groups attached to an aromatic ring is 1. The van der Waals surface area contributed by atoms with Crippen LogP contribution in [0.4, 0.5) is 5.82 Å². The third kappa shape index (κ3) is 2.21. The Balaban J connectivity index is 2.01. The molecule has 2 aromatic rings. The number of aromatic nitrogens is 2. The monoisotopic (exact) mass is 269 g/mol. The number of nitrogens with two attached hydrogens (primary N) is 1. The van der Waals surface area contributed by atoms with Gasteiger partial charge in [-0.05, 0) is 31.2 Å². The molecule has 1 aromatic carbocycles. The van der Waals surface area contributed by atoms with Gasteiger partial charge in [-0.2, -0.15) is 0 Å². The van der Waals surface area contributed by atoms with Crippen LogP contribution in [0, 0.1) is 0 Å². The number of anilines is 1. The highest BCUT2D eigenvalue weighted by Gasteiger charge is 2.30. The molecule has 0 atom stereocenters. The minimum atomic E-state index is 0.552. The van der Waals surface area contributed by atoms with Crippen molar-refractivity contribution in [1.29, 1.82) is 0 Å². The van der Waals surface area contributed by atoms with E-state index in [4.69, 9.17) is 10.7 Å². The molecule has 20 heavy (non-hydrogen) atoms. The van der Waals surface area contributed by atoms with Crippen LogP contribution in [0.15, 0.2) is 24.3 Å². The summed E-state index contributed by atoms with van der Waals surface area (Å²) in [4.78, 5) is 4.83. The van der Waals surface area contributed by atoms with Crippen molar-refractivity contribution in [2.24, 2.45) is 0 Å². The van der Waals surface area contributed by atoms with Crippen molar-refractivity contribution in [3.05, 3.63) is 35.7 Å². The summed E-state index contributed by atoms with van der Waals surface area (Å²) in [5.41, 5.74) is 9.74. The average molecular weight is 269 g/mol. The van der Waals surface area contributed by atoms with Crippen LogP contribution in [0.5, 0.6) is 0 Å². The van der Waals surface area contributed by atoms with E-state index in [9.17, 15) is 0 Å². The van der Waals surface area contributed by atoms with Gasteiger partial charge >= 0.3 is 0 Å². The van der Waals surface area contributed by atoms with E-state index in [1.807, 2.05) is 0 Å². The number of rotatable bonds is 4. The van der Waals surface area contributed by atoms with Crippen molar-refractivity contribution in [1.82, 2.24) is 9.55 Å². The van der Waals surface area contributed by atoms with Crippen LogP contribution in [0.2, 0.25) is 0 Å². The summed E-state index contributed by atoms with van der Waals surface area (Å²) in [6.45, 7) is 7.45. The van der Waals surface area contributed by atoms with Crippen LogP contribution >= 0.6 is 0 Å². The standard InChI is InChI=1S/C17H23N3/c1-4-20-16(18)15(19-17(20)14-9-10-14)13-7-5-12(6-8-13)11(2)3/h5-8,11,14H,4,9-10,18H2,1-3H3. The third-order valence-electron chi connectivity index (χ3n) is 4.15. The quantitative estimate of drug-likeness (QED) is 0.906. The van der Waals surface area contributed by atoms with Crippen molar-refractivity contribution in [2.45, 2.75) is 52.0 Å². The number of hydrogen-bond donors (Lipinski definition) is 1. The Labute approximate surface area is 120 Å². The first-order valence-corrected chi connectivity index (χ1v) is 7.58. The molecule has 3 rings (SSSR count). The summed E-state index contributed by atoms with van der Waals surface area (Å²) < 4.78 is 2.17. The maximum Gasteiger partial charge on any atom is 0.131 e. The Bertz CT molecular complexity index is 604. The van der Waals surface area contributed by atoms with Gasteiger partial charge in [0.1, 0.15) is 17.3 Å². The fourth-order valence-corrected chi connectivity index (χ4v) is 2.71. The smallest absolute Gasteiger partial charge is 0.131 e. The summed E-state index contributed by atoms with van der Waals surface area (Å²) in [7, 11) is 0. The van der Waals surface area contributed by atoms with Gasteiger partial charge in [0.25, 0.3) is 0 Å². The molecule has 3 heteroatoms. The van der Waals surface area contributed by atoms with E-state index in [-0.39, 0.29) is 0 Å². The van der Waals surface area contributed by atoms with Crippen molar-refractivity contribution >= 4 is 5.82 Å². The predicted molar refractivity (Wildman–Crippen MR) is 83.8 cm³/mol. The summed E-state index contributed by atoms with van der Waals surface area (Å²) in [5, 5.41) is 0. The largest absolute Gasteiger partial charge is 0.383 e. The minimum absolute atomic E-state index is 0.552. The first kappa shape index (κ1) is 13.2. The van der Waals surface area contributed by atoms with Crippen molar-refractivity contribution < 1.29 is 0 Å². The van der Waals surface area contributed by atoms with Gasteiger partial charge < -0.3 is 10.3 Å². The maximum absolute atomic E-state index is 6.31. The molecule has 1 saturated carbocycles. The van der Waals surface area contributed by atoms with Crippen molar-refractivity contribution in [2.75, 3.05) is 5.73 Å². The molecule has 0 unspecified atom stereocenters. The number of nitrogens with zero attached hydrogens (tertiary/aromatic N) is 2. The highest BCUT2D eigenvalue weighted by Crippen LogP contribution is 2.42. The van der Waals surface area contributed by atoms with Gasteiger partial charge in [0.05, 0.1) is 0 Å². The average Bonchev–Trinajstić information content (AvgIpc) is 3.23. The zero-order valence-electron chi connectivity index (χ0n) is 12.6. The molecule has 0 saturated heterocycles. The van der Waals surface area contributed by atoms with E-state index in [1.165, 1.54) is 24.2 Å². The number of benzene rings is 1. The van der Waals surface area contributed by atoms with E-state index >= 15 is 0 Å². The maximum atomic E-state index is 6.31. The van der Waals surface area contributed by atoms with Crippen LogP contribution < -0.4 is 5.73 Å². The van der Waals surface area contributed by atoms with E-state index in [0.29, 0.717) is 11.8 Å². The zero-order valence-corrected chi connectivity index (χ0v) is 12.6. The Morgan fingerprint density at radius 3 is 2.40 bits per heavy atom. The third-order valence-corrected chi connectivity index (χ3v) is 4.15. The van der Waals surface area contributed by atoms with Crippen LogP contribution in [-0.2, 0) is 6.54 Å². The molecule has 1 fully saturated rings. The first-order chi connectivity index (χ1) is 9.61. The second-order valence-corrected chi connectivity index (χ2v) is 6.00. The van der Waals surface area contributed by atoms with Crippen LogP contribution in [0.1, 0.15) is 56.8 Å². The zero-order chi connectivity index (χ0) is 14.3. The Kier molecular flexibility index (Phi) is 3.28. The van der Waals surface area contributed by atoms with Gasteiger partial charge in [-0.25, -0.2) is 4.98 Å². The fourth-order valence-electron chi connectivity index (χ4n) is 2.71. The Morgan fingerprint density at radius 2 is 1.90 bits per heavy atom. The molecule has 106 valence electrons. The van der Waals surface area contributed by atoms with Crippen molar-refractivity contribution in [3.63, 3.8) is 0 Å². The molecular weight excluding hydrogens is 246 g/mol. The molecule has 0 radical (unpaired) electrons. The Morgan fingerprint density at radius 1 is 1.25 bits per heavy atom. The summed E-state index contributed by atoms with van der Waals surface area (Å²) in [6.07, 6.45) is 2.50. The van der Waals surface area contributed by atoms with Crippen LogP contribution in [0.25, 0.3) is 11.3 Å². The van der Waals surface area contributed by atoms with Crippen LogP contribution in [-0.4, -0.2) is 9.55 Å². The molecule has 1 aromatic heterocycles. The minimum Gasteiger partial charge on any atom is -0.383 e. The van der Waals surface area contributed by atoms with Crippen molar-refractivity contribution in [3.8, 4) is 11.3 Å². The Hall–Kier alpha value is -1.77. The molecular formula is C17H23N3. The lowest BCUT2D eigenvalue weighted by Gasteiger charge is -2.07. The molecule has 1 heterocycles. The fraction of sp³-hybridized carbons (Fsp3) is 0.471. The normalized spacial score (nSPS) is 15.0. The second kappa shape index (κ2) is 4.97. The highest BCUT2D eigenvalue weighted by atomic mass is 15.1. The highest BCUT2D eigenvalue weighted by molar-refractivity contribution is 5.71. The lowest BCUT2D eigenvalue weighted by atomic mass is 10.0. The first-order valence-electron chi connectivity index (χ1n) is 7.58. The van der Waals surface area contributed by atoms with Gasteiger partial charge in [0.15, 0.2) is 0 Å². The molecule has 2 N–H and O–H groups in total. The van der Waals surface area contributed by atoms with E-state index in [1.54, 1.807) is 0 Å².